The van der Waals surface area contributed by atoms with Gasteiger partial charge in [0.05, 0.1) is 5.56 Å². The predicted molar refractivity (Wildman–Crippen MR) is 97.0 cm³/mol. The summed E-state index contributed by atoms with van der Waals surface area (Å²) in [6, 6.07) is 4.35. The van der Waals surface area contributed by atoms with E-state index in [4.69, 9.17) is 0 Å². The molecule has 5 rings (SSSR count). The van der Waals surface area contributed by atoms with Crippen molar-refractivity contribution in [3.63, 3.8) is 0 Å². The SMILES string of the molecule is O=C(c1nc2ncccn2n1)N1CC2CC(c3cc(F)ccc3C(F)(F)F)C[C@H]2C1. The second-order valence-electron chi connectivity index (χ2n) is 7.93. The molecular weight excluding hydrogens is 402 g/mol. The van der Waals surface area contributed by atoms with E-state index >= 15 is 0 Å². The average molecular weight is 419 g/mol. The smallest absolute Gasteiger partial charge is 0.335 e. The van der Waals surface area contributed by atoms with Crippen molar-refractivity contribution in [2.75, 3.05) is 13.1 Å². The van der Waals surface area contributed by atoms with Crippen LogP contribution in [0, 0.1) is 17.7 Å². The molecule has 3 aromatic rings. The summed E-state index contributed by atoms with van der Waals surface area (Å²) in [6.07, 6.45) is -0.346. The molecule has 1 saturated carbocycles. The van der Waals surface area contributed by atoms with Crippen LogP contribution in [0.5, 0.6) is 0 Å². The van der Waals surface area contributed by atoms with Gasteiger partial charge in [-0.1, -0.05) is 0 Å². The fraction of sp³-hybridized carbons (Fsp3) is 0.400. The third-order valence-electron chi connectivity index (χ3n) is 6.10. The van der Waals surface area contributed by atoms with Gasteiger partial charge in [-0.15, -0.1) is 5.10 Å². The van der Waals surface area contributed by atoms with Crippen molar-refractivity contribution < 1.29 is 22.4 Å². The van der Waals surface area contributed by atoms with E-state index in [0.717, 1.165) is 18.2 Å². The maximum Gasteiger partial charge on any atom is 0.416 e. The quantitative estimate of drug-likeness (QED) is 0.596. The molecule has 156 valence electrons. The van der Waals surface area contributed by atoms with Crippen molar-refractivity contribution in [1.82, 2.24) is 24.5 Å². The van der Waals surface area contributed by atoms with Gasteiger partial charge in [0.15, 0.2) is 0 Å². The second kappa shape index (κ2) is 6.75. The van der Waals surface area contributed by atoms with E-state index in [-0.39, 0.29) is 35.0 Å². The van der Waals surface area contributed by atoms with Crippen molar-refractivity contribution in [2.24, 2.45) is 11.8 Å². The van der Waals surface area contributed by atoms with Crippen LogP contribution in [0.15, 0.2) is 36.7 Å². The minimum absolute atomic E-state index is 0.0165. The lowest BCUT2D eigenvalue weighted by molar-refractivity contribution is -0.138. The average Bonchev–Trinajstić information content (AvgIpc) is 3.38. The number of carbonyl (C=O) groups excluding carboxylic acids is 1. The number of halogens is 4. The largest absolute Gasteiger partial charge is 0.416 e. The van der Waals surface area contributed by atoms with Gasteiger partial charge in [0.2, 0.25) is 5.82 Å². The number of alkyl halides is 3. The summed E-state index contributed by atoms with van der Waals surface area (Å²) in [4.78, 5) is 22.6. The Morgan fingerprint density at radius 2 is 1.87 bits per heavy atom. The van der Waals surface area contributed by atoms with Gasteiger partial charge in [-0.05, 0) is 60.4 Å². The fourth-order valence-corrected chi connectivity index (χ4v) is 4.81. The van der Waals surface area contributed by atoms with E-state index in [9.17, 15) is 22.4 Å². The van der Waals surface area contributed by atoms with Gasteiger partial charge in [0, 0.05) is 25.5 Å². The summed E-state index contributed by atoms with van der Waals surface area (Å²) in [5.74, 6) is -0.841. The number of hydrogen-bond donors (Lipinski definition) is 0. The summed E-state index contributed by atoms with van der Waals surface area (Å²) in [6.45, 7) is 0.860. The molecule has 0 radical (unpaired) electrons. The molecule has 1 amide bonds. The molecule has 1 saturated heterocycles. The lowest BCUT2D eigenvalue weighted by Crippen LogP contribution is -2.30. The van der Waals surface area contributed by atoms with Crippen molar-refractivity contribution in [3.8, 4) is 0 Å². The summed E-state index contributed by atoms with van der Waals surface area (Å²) in [5.41, 5.74) is -0.758. The Bertz CT molecular complexity index is 1080. The highest BCUT2D eigenvalue weighted by Gasteiger charge is 2.45. The van der Waals surface area contributed by atoms with Gasteiger partial charge < -0.3 is 4.90 Å². The molecule has 10 heteroatoms. The molecule has 0 spiro atoms. The summed E-state index contributed by atoms with van der Waals surface area (Å²) < 4.78 is 55.2. The number of rotatable bonds is 2. The first-order chi connectivity index (χ1) is 14.3. The van der Waals surface area contributed by atoms with Crippen molar-refractivity contribution in [1.29, 1.82) is 0 Å². The Kier molecular flexibility index (Phi) is 4.26. The van der Waals surface area contributed by atoms with E-state index in [1.54, 1.807) is 23.4 Å². The maximum absolute atomic E-state index is 13.7. The third-order valence-corrected chi connectivity index (χ3v) is 6.10. The van der Waals surface area contributed by atoms with Gasteiger partial charge in [0.1, 0.15) is 5.82 Å². The van der Waals surface area contributed by atoms with Crippen LogP contribution in [0.2, 0.25) is 0 Å². The second-order valence-corrected chi connectivity index (χ2v) is 7.93. The first-order valence-corrected chi connectivity index (χ1v) is 9.63. The standard InChI is InChI=1S/C20H17F4N5O/c21-14-2-3-16(20(22,23)24)15(8-14)11-6-12-9-28(10-13(12)7-11)18(30)17-26-19-25-4-1-5-29(19)27-17/h1-5,8,11-13H,6-7,9-10H2/t11?,12-,13?/m0/s1. The van der Waals surface area contributed by atoms with Gasteiger partial charge >= 0.3 is 6.18 Å². The molecule has 1 aliphatic heterocycles. The van der Waals surface area contributed by atoms with E-state index in [1.165, 1.54) is 4.52 Å². The number of likely N-dealkylation sites (tertiary alicyclic amines) is 1. The lowest BCUT2D eigenvalue weighted by atomic mass is 9.91. The van der Waals surface area contributed by atoms with Crippen LogP contribution in [0.4, 0.5) is 17.6 Å². The Morgan fingerprint density at radius 3 is 2.53 bits per heavy atom. The zero-order valence-electron chi connectivity index (χ0n) is 15.7. The molecule has 1 aromatic carbocycles. The number of amides is 1. The number of fused-ring (bicyclic) bond motifs is 2. The van der Waals surface area contributed by atoms with Crippen LogP contribution in [-0.2, 0) is 6.18 Å². The first kappa shape index (κ1) is 19.0. The Balaban J connectivity index is 1.32. The Labute approximate surface area is 168 Å². The van der Waals surface area contributed by atoms with Crippen LogP contribution in [-0.4, -0.2) is 43.5 Å². The number of carbonyl (C=O) groups is 1. The van der Waals surface area contributed by atoms with Gasteiger partial charge in [-0.25, -0.2) is 13.9 Å². The molecule has 0 N–H and O–H groups in total. The Morgan fingerprint density at radius 1 is 1.13 bits per heavy atom. The molecule has 3 heterocycles. The van der Waals surface area contributed by atoms with Gasteiger partial charge in [0.25, 0.3) is 11.7 Å². The monoisotopic (exact) mass is 419 g/mol. The van der Waals surface area contributed by atoms with Crippen molar-refractivity contribution in [2.45, 2.75) is 24.9 Å². The molecule has 6 nitrogen and oxygen atoms in total. The summed E-state index contributed by atoms with van der Waals surface area (Å²) in [5, 5.41) is 4.15. The zero-order chi connectivity index (χ0) is 21.0. The summed E-state index contributed by atoms with van der Waals surface area (Å²) in [7, 11) is 0. The van der Waals surface area contributed by atoms with Crippen LogP contribution < -0.4 is 0 Å². The Hall–Kier alpha value is -3.04. The van der Waals surface area contributed by atoms with E-state index in [0.29, 0.717) is 31.7 Å². The number of benzene rings is 1. The molecular formula is C20H17F4N5O. The molecule has 2 fully saturated rings. The number of hydrogen-bond acceptors (Lipinski definition) is 4. The van der Waals surface area contributed by atoms with Crippen LogP contribution in [0.25, 0.3) is 5.78 Å². The molecule has 30 heavy (non-hydrogen) atoms. The van der Waals surface area contributed by atoms with Gasteiger partial charge in [-0.3, -0.25) is 4.79 Å². The number of nitrogens with zero attached hydrogens (tertiary/aromatic N) is 5. The van der Waals surface area contributed by atoms with Crippen LogP contribution >= 0.6 is 0 Å². The van der Waals surface area contributed by atoms with E-state index < -0.39 is 17.6 Å². The highest BCUT2D eigenvalue weighted by Crippen LogP contribution is 2.49. The summed E-state index contributed by atoms with van der Waals surface area (Å²) >= 11 is 0. The number of aromatic nitrogens is 4. The zero-order valence-corrected chi connectivity index (χ0v) is 15.7. The molecule has 3 atom stereocenters. The van der Waals surface area contributed by atoms with Crippen molar-refractivity contribution >= 4 is 11.7 Å². The highest BCUT2D eigenvalue weighted by atomic mass is 19.4. The molecule has 2 aromatic heterocycles. The van der Waals surface area contributed by atoms with Gasteiger partial charge in [-0.2, -0.15) is 18.2 Å². The van der Waals surface area contributed by atoms with Crippen LogP contribution in [0.1, 0.15) is 40.5 Å². The third kappa shape index (κ3) is 3.20. The topological polar surface area (TPSA) is 63.4 Å². The van der Waals surface area contributed by atoms with Crippen LogP contribution in [0.3, 0.4) is 0 Å². The predicted octanol–water partition coefficient (Wildman–Crippen LogP) is 3.55. The van der Waals surface area contributed by atoms with Crippen molar-refractivity contribution in [3.05, 3.63) is 59.4 Å². The molecule has 0 bridgehead atoms. The normalized spacial score (nSPS) is 23.9. The van der Waals surface area contributed by atoms with E-state index in [1.807, 2.05) is 0 Å². The minimum atomic E-state index is -4.52. The highest BCUT2D eigenvalue weighted by molar-refractivity contribution is 5.91. The fourth-order valence-electron chi connectivity index (χ4n) is 4.81. The molecule has 1 aliphatic carbocycles. The molecule has 2 unspecified atom stereocenters. The first-order valence-electron chi connectivity index (χ1n) is 9.63. The maximum atomic E-state index is 13.7. The van der Waals surface area contributed by atoms with E-state index in [2.05, 4.69) is 15.1 Å². The minimum Gasteiger partial charge on any atom is -0.335 e. The molecule has 2 aliphatic rings. The lowest BCUT2D eigenvalue weighted by Gasteiger charge is -2.21.